The Hall–Kier alpha value is -3.10. The van der Waals surface area contributed by atoms with Gasteiger partial charge in [-0.2, -0.15) is 5.10 Å². The Morgan fingerprint density at radius 2 is 2.07 bits per heavy atom. The van der Waals surface area contributed by atoms with Crippen molar-refractivity contribution >= 4 is 22.8 Å². The van der Waals surface area contributed by atoms with Crippen LogP contribution >= 0.6 is 0 Å². The Labute approximate surface area is 151 Å². The number of carboxylic acids is 1. The number of hydrogen-bond donors (Lipinski definition) is 1. The number of fused-ring (bicyclic) bond motifs is 1. The van der Waals surface area contributed by atoms with Gasteiger partial charge in [-0.05, 0) is 24.3 Å². The molecule has 1 aliphatic rings. The standard InChI is InChI=1S/C18H15F3N4O2/c1-24-16-13(4-9(7-22-16)18(26)27)17(23-24)25-8-11(20)6-15(25)12-5-10(19)2-3-14(12)21/h2-5,7,11,15H,6,8H2,1H3,(H,26,27)/t11-,15?/m0/s1. The van der Waals surface area contributed by atoms with Gasteiger partial charge in [0.25, 0.3) is 0 Å². The van der Waals surface area contributed by atoms with Crippen molar-refractivity contribution in [3.05, 3.63) is 53.2 Å². The summed E-state index contributed by atoms with van der Waals surface area (Å²) in [7, 11) is 1.63. The lowest BCUT2D eigenvalue weighted by atomic mass is 10.0. The summed E-state index contributed by atoms with van der Waals surface area (Å²) in [5.41, 5.74) is 0.410. The summed E-state index contributed by atoms with van der Waals surface area (Å²) >= 11 is 0. The number of rotatable bonds is 3. The molecule has 2 aromatic heterocycles. The molecule has 2 atom stereocenters. The molecule has 9 heteroatoms. The van der Waals surface area contributed by atoms with Crippen LogP contribution < -0.4 is 4.90 Å². The van der Waals surface area contributed by atoms with Crippen molar-refractivity contribution in [1.29, 1.82) is 0 Å². The number of alkyl halides is 1. The first-order valence-corrected chi connectivity index (χ1v) is 8.27. The number of halogens is 3. The van der Waals surface area contributed by atoms with E-state index < -0.39 is 29.8 Å². The monoisotopic (exact) mass is 376 g/mol. The van der Waals surface area contributed by atoms with E-state index in [-0.39, 0.29) is 29.9 Å². The molecule has 1 unspecified atom stereocenters. The van der Waals surface area contributed by atoms with Crippen LogP contribution in [0.2, 0.25) is 0 Å². The van der Waals surface area contributed by atoms with E-state index in [1.165, 1.54) is 21.8 Å². The molecule has 6 nitrogen and oxygen atoms in total. The molecule has 0 bridgehead atoms. The first kappa shape index (κ1) is 17.3. The van der Waals surface area contributed by atoms with E-state index in [0.29, 0.717) is 11.0 Å². The average Bonchev–Trinajstić information content (AvgIpc) is 3.17. The van der Waals surface area contributed by atoms with E-state index in [0.717, 1.165) is 18.2 Å². The summed E-state index contributed by atoms with van der Waals surface area (Å²) in [6, 6.07) is 3.70. The highest BCUT2D eigenvalue weighted by Crippen LogP contribution is 2.40. The van der Waals surface area contributed by atoms with Crippen LogP contribution in [-0.2, 0) is 7.05 Å². The third-order valence-electron chi connectivity index (χ3n) is 4.74. The normalized spacial score (nSPS) is 19.8. The predicted octanol–water partition coefficient (Wildman–Crippen LogP) is 3.23. The van der Waals surface area contributed by atoms with Crippen LogP contribution in [0.15, 0.2) is 30.5 Å². The van der Waals surface area contributed by atoms with Gasteiger partial charge in [0.1, 0.15) is 17.8 Å². The summed E-state index contributed by atoms with van der Waals surface area (Å²) in [6.45, 7) is -0.0654. The van der Waals surface area contributed by atoms with Gasteiger partial charge in [0.2, 0.25) is 0 Å². The molecule has 4 rings (SSSR count). The number of aryl methyl sites for hydroxylation is 1. The minimum Gasteiger partial charge on any atom is -0.478 e. The lowest BCUT2D eigenvalue weighted by Gasteiger charge is -2.25. The molecule has 1 aliphatic heterocycles. The van der Waals surface area contributed by atoms with Gasteiger partial charge in [-0.25, -0.2) is 27.6 Å². The molecule has 1 aromatic carbocycles. The smallest absolute Gasteiger partial charge is 0.337 e. The fourth-order valence-corrected chi connectivity index (χ4v) is 3.54. The second kappa shape index (κ2) is 6.26. The highest BCUT2D eigenvalue weighted by molar-refractivity contribution is 5.96. The molecule has 140 valence electrons. The van der Waals surface area contributed by atoms with Gasteiger partial charge >= 0.3 is 5.97 Å². The Morgan fingerprint density at radius 3 is 2.81 bits per heavy atom. The lowest BCUT2D eigenvalue weighted by molar-refractivity contribution is 0.0696. The topological polar surface area (TPSA) is 71.2 Å². The van der Waals surface area contributed by atoms with Gasteiger partial charge in [0.15, 0.2) is 11.5 Å². The van der Waals surface area contributed by atoms with E-state index in [1.54, 1.807) is 7.05 Å². The quantitative estimate of drug-likeness (QED) is 0.760. The number of hydrogen-bond acceptors (Lipinski definition) is 4. The molecule has 1 saturated heterocycles. The fraction of sp³-hybridized carbons (Fsp3) is 0.278. The van der Waals surface area contributed by atoms with Crippen molar-refractivity contribution in [2.24, 2.45) is 7.05 Å². The number of benzene rings is 1. The summed E-state index contributed by atoms with van der Waals surface area (Å²) in [6.07, 6.45) is -0.0722. The molecule has 0 radical (unpaired) electrons. The van der Waals surface area contributed by atoms with Crippen molar-refractivity contribution < 1.29 is 23.1 Å². The second-order valence-electron chi connectivity index (χ2n) is 6.51. The zero-order chi connectivity index (χ0) is 19.3. The lowest BCUT2D eigenvalue weighted by Crippen LogP contribution is -2.25. The van der Waals surface area contributed by atoms with E-state index >= 15 is 0 Å². The second-order valence-corrected chi connectivity index (χ2v) is 6.51. The van der Waals surface area contributed by atoms with E-state index in [9.17, 15) is 23.1 Å². The highest BCUT2D eigenvalue weighted by atomic mass is 19.1. The van der Waals surface area contributed by atoms with Crippen LogP contribution in [0.25, 0.3) is 11.0 Å². The van der Waals surface area contributed by atoms with Gasteiger partial charge in [-0.1, -0.05) is 0 Å². The van der Waals surface area contributed by atoms with Crippen LogP contribution in [0.3, 0.4) is 0 Å². The zero-order valence-corrected chi connectivity index (χ0v) is 14.2. The van der Waals surface area contributed by atoms with Gasteiger partial charge in [0.05, 0.1) is 23.5 Å². The molecule has 1 N–H and O–H groups in total. The Morgan fingerprint density at radius 1 is 1.30 bits per heavy atom. The number of nitrogens with zero attached hydrogens (tertiary/aromatic N) is 4. The van der Waals surface area contributed by atoms with Gasteiger partial charge in [-0.15, -0.1) is 0 Å². The largest absolute Gasteiger partial charge is 0.478 e. The summed E-state index contributed by atoms with van der Waals surface area (Å²) < 4.78 is 43.6. The maximum Gasteiger partial charge on any atom is 0.337 e. The number of aromatic nitrogens is 3. The molecule has 0 spiro atoms. The average molecular weight is 376 g/mol. The molecule has 0 saturated carbocycles. The number of aromatic carboxylic acids is 1. The molecule has 0 aliphatic carbocycles. The maximum absolute atomic E-state index is 14.3. The number of carboxylic acid groups (broad SMARTS) is 1. The number of carbonyl (C=O) groups is 1. The molecule has 0 amide bonds. The third-order valence-corrected chi connectivity index (χ3v) is 4.74. The molecule has 3 aromatic rings. The van der Waals surface area contributed by atoms with E-state index in [4.69, 9.17) is 0 Å². The summed E-state index contributed by atoms with van der Waals surface area (Å²) in [5.74, 6) is -2.12. The minimum atomic E-state index is -1.26. The molecular formula is C18H15F3N4O2. The molecule has 1 fully saturated rings. The van der Waals surface area contributed by atoms with Crippen LogP contribution in [0, 0.1) is 11.6 Å². The van der Waals surface area contributed by atoms with Crippen molar-refractivity contribution in [3.8, 4) is 0 Å². The zero-order valence-electron chi connectivity index (χ0n) is 14.2. The first-order chi connectivity index (χ1) is 12.8. The van der Waals surface area contributed by atoms with Gasteiger partial charge in [0, 0.05) is 25.2 Å². The maximum atomic E-state index is 14.3. The fourth-order valence-electron chi connectivity index (χ4n) is 3.54. The number of pyridine rings is 1. The minimum absolute atomic E-state index is 0.0233. The van der Waals surface area contributed by atoms with Crippen LogP contribution in [0.4, 0.5) is 19.0 Å². The van der Waals surface area contributed by atoms with Gasteiger partial charge < -0.3 is 10.0 Å². The van der Waals surface area contributed by atoms with Crippen LogP contribution in [0.5, 0.6) is 0 Å². The van der Waals surface area contributed by atoms with Crippen molar-refractivity contribution in [1.82, 2.24) is 14.8 Å². The molecule has 27 heavy (non-hydrogen) atoms. The summed E-state index contributed by atoms with van der Waals surface area (Å²) in [4.78, 5) is 16.9. The molecule has 3 heterocycles. The van der Waals surface area contributed by atoms with Gasteiger partial charge in [-0.3, -0.25) is 0 Å². The Balaban J connectivity index is 1.87. The SMILES string of the molecule is Cn1nc(N2C[C@@H](F)CC2c2cc(F)ccc2F)c2cc(C(=O)O)cnc21. The van der Waals surface area contributed by atoms with Crippen molar-refractivity contribution in [2.75, 3.05) is 11.4 Å². The Bertz CT molecular complexity index is 1050. The molecular weight excluding hydrogens is 361 g/mol. The third kappa shape index (κ3) is 2.88. The summed E-state index contributed by atoms with van der Waals surface area (Å²) in [5, 5.41) is 14.0. The van der Waals surface area contributed by atoms with Crippen molar-refractivity contribution in [2.45, 2.75) is 18.6 Å². The van der Waals surface area contributed by atoms with Crippen molar-refractivity contribution in [3.63, 3.8) is 0 Å². The van der Waals surface area contributed by atoms with E-state index in [2.05, 4.69) is 10.1 Å². The Kier molecular flexibility index (Phi) is 4.01. The highest BCUT2D eigenvalue weighted by Gasteiger charge is 2.37. The number of anilines is 1. The van der Waals surface area contributed by atoms with E-state index in [1.807, 2.05) is 0 Å². The van der Waals surface area contributed by atoms with Crippen LogP contribution in [-0.4, -0.2) is 38.6 Å². The first-order valence-electron chi connectivity index (χ1n) is 8.27. The predicted molar refractivity (Wildman–Crippen MR) is 91.4 cm³/mol. The van der Waals surface area contributed by atoms with Crippen LogP contribution in [0.1, 0.15) is 28.4 Å².